The van der Waals surface area contributed by atoms with Crippen LogP contribution in [0, 0.1) is 0 Å². The molecule has 1 atom stereocenters. The van der Waals surface area contributed by atoms with Crippen LogP contribution < -0.4 is 0 Å². The van der Waals surface area contributed by atoms with Crippen LogP contribution in [0.4, 0.5) is 0 Å². The number of unbranched alkanes of at least 4 members (excludes halogenated alkanes) is 30. The molecule has 0 N–H and O–H groups in total. The molecule has 0 radical (unpaired) electrons. The highest BCUT2D eigenvalue weighted by Crippen LogP contribution is 2.15. The van der Waals surface area contributed by atoms with Gasteiger partial charge in [0.05, 0.1) is 0 Å². The topological polar surface area (TPSA) is 78.9 Å². The van der Waals surface area contributed by atoms with Crippen molar-refractivity contribution in [1.29, 1.82) is 0 Å². The number of hydrogen-bond donors (Lipinski definition) is 0. The van der Waals surface area contributed by atoms with Crippen molar-refractivity contribution in [3.63, 3.8) is 0 Å². The second-order valence-electron chi connectivity index (χ2n) is 18.1. The van der Waals surface area contributed by atoms with E-state index < -0.39 is 6.10 Å². The van der Waals surface area contributed by atoms with Crippen molar-refractivity contribution in [2.24, 2.45) is 0 Å². The summed E-state index contributed by atoms with van der Waals surface area (Å²) >= 11 is 0. The number of allylic oxidation sites excluding steroid dienone is 8. The van der Waals surface area contributed by atoms with Gasteiger partial charge >= 0.3 is 17.9 Å². The van der Waals surface area contributed by atoms with E-state index >= 15 is 0 Å². The Morgan fingerprint density at radius 1 is 0.333 bits per heavy atom. The fourth-order valence-corrected chi connectivity index (χ4v) is 7.75. The second kappa shape index (κ2) is 52.0. The van der Waals surface area contributed by atoms with Crippen LogP contribution in [0.3, 0.4) is 0 Å². The molecule has 0 aromatic rings. The Morgan fingerprint density at radius 3 is 1.00 bits per heavy atom. The molecule has 6 nitrogen and oxygen atoms in total. The Kier molecular flexibility index (Phi) is 49.8. The van der Waals surface area contributed by atoms with E-state index in [1.807, 2.05) is 0 Å². The highest BCUT2D eigenvalue weighted by molar-refractivity contribution is 5.71. The third-order valence-corrected chi connectivity index (χ3v) is 11.8. The molecule has 0 spiro atoms. The van der Waals surface area contributed by atoms with E-state index in [9.17, 15) is 14.4 Å². The molecule has 0 aliphatic rings. The molecule has 6 heteroatoms. The smallest absolute Gasteiger partial charge is 0.306 e. The lowest BCUT2D eigenvalue weighted by molar-refractivity contribution is -0.167. The van der Waals surface area contributed by atoms with Crippen molar-refractivity contribution < 1.29 is 28.6 Å². The second-order valence-corrected chi connectivity index (χ2v) is 18.1. The largest absolute Gasteiger partial charge is 0.462 e. The van der Waals surface area contributed by atoms with Gasteiger partial charge in [0.2, 0.25) is 0 Å². The van der Waals surface area contributed by atoms with Crippen molar-refractivity contribution in [3.05, 3.63) is 48.6 Å². The average molecular weight is 883 g/mol. The van der Waals surface area contributed by atoms with Crippen molar-refractivity contribution in [2.75, 3.05) is 13.2 Å². The van der Waals surface area contributed by atoms with Gasteiger partial charge in [0, 0.05) is 19.3 Å². The number of esters is 3. The summed E-state index contributed by atoms with van der Waals surface area (Å²) in [5.74, 6) is -0.908. The van der Waals surface area contributed by atoms with Crippen molar-refractivity contribution in [1.82, 2.24) is 0 Å². The monoisotopic (exact) mass is 883 g/mol. The van der Waals surface area contributed by atoms with Gasteiger partial charge in [-0.3, -0.25) is 14.4 Å². The van der Waals surface area contributed by atoms with Gasteiger partial charge < -0.3 is 14.2 Å². The lowest BCUT2D eigenvalue weighted by Gasteiger charge is -2.18. The summed E-state index contributed by atoms with van der Waals surface area (Å²) in [5.41, 5.74) is 0. The number of carbonyl (C=O) groups excluding carboxylic acids is 3. The van der Waals surface area contributed by atoms with Crippen LogP contribution >= 0.6 is 0 Å². The Hall–Kier alpha value is -2.63. The zero-order valence-electron chi connectivity index (χ0n) is 41.8. The number of ether oxygens (including phenoxy) is 3. The average Bonchev–Trinajstić information content (AvgIpc) is 3.28. The Labute approximate surface area is 390 Å². The first-order valence-electron chi connectivity index (χ1n) is 27.1. The fraction of sp³-hybridized carbons (Fsp3) is 0.807. The number of hydrogen-bond acceptors (Lipinski definition) is 6. The standard InChI is InChI=1S/C57H102O6/c1-4-7-10-13-16-19-21-23-24-25-26-27-28-29-30-31-32-34-35-38-41-44-47-50-56(59)62-53-54(52-61-55(58)49-46-43-40-37-18-15-12-9-6-3)63-57(60)51-48-45-42-39-36-33-22-20-17-14-11-8-5-2/h8,11,17,20,25-26,33,36,54H,4-7,9-10,12-16,18-19,21-24,27-32,34-35,37-53H2,1-3H3/b11-8-,20-17-,26-25-,36-33-. The quantitative estimate of drug-likeness (QED) is 0.0262. The van der Waals surface area contributed by atoms with E-state index in [4.69, 9.17) is 14.2 Å². The first kappa shape index (κ1) is 60.4. The minimum atomic E-state index is -0.784. The van der Waals surface area contributed by atoms with Gasteiger partial charge in [-0.2, -0.15) is 0 Å². The fourth-order valence-electron chi connectivity index (χ4n) is 7.75. The van der Waals surface area contributed by atoms with Crippen LogP contribution in [0.15, 0.2) is 48.6 Å². The normalized spacial score (nSPS) is 12.4. The summed E-state index contributed by atoms with van der Waals surface area (Å²) in [6.45, 7) is 6.50. The van der Waals surface area contributed by atoms with E-state index in [0.29, 0.717) is 19.3 Å². The van der Waals surface area contributed by atoms with Crippen LogP contribution in [0.2, 0.25) is 0 Å². The van der Waals surface area contributed by atoms with Gasteiger partial charge in [0.1, 0.15) is 13.2 Å². The molecule has 0 rings (SSSR count). The van der Waals surface area contributed by atoms with E-state index in [2.05, 4.69) is 69.4 Å². The number of carbonyl (C=O) groups is 3. The zero-order valence-corrected chi connectivity index (χ0v) is 41.8. The van der Waals surface area contributed by atoms with Gasteiger partial charge in [0.15, 0.2) is 6.10 Å². The van der Waals surface area contributed by atoms with E-state index in [1.54, 1.807) is 0 Å². The zero-order chi connectivity index (χ0) is 45.8. The molecule has 0 aromatic heterocycles. The molecule has 0 amide bonds. The van der Waals surface area contributed by atoms with Gasteiger partial charge in [-0.05, 0) is 77.0 Å². The minimum Gasteiger partial charge on any atom is -0.462 e. The molecule has 0 aromatic carbocycles. The highest BCUT2D eigenvalue weighted by atomic mass is 16.6. The van der Waals surface area contributed by atoms with Gasteiger partial charge in [-0.25, -0.2) is 0 Å². The van der Waals surface area contributed by atoms with Crippen molar-refractivity contribution >= 4 is 17.9 Å². The third kappa shape index (κ3) is 50.2. The van der Waals surface area contributed by atoms with Gasteiger partial charge in [-0.15, -0.1) is 0 Å². The van der Waals surface area contributed by atoms with E-state index in [-0.39, 0.29) is 31.1 Å². The van der Waals surface area contributed by atoms with Crippen LogP contribution in [-0.2, 0) is 28.6 Å². The van der Waals surface area contributed by atoms with E-state index in [1.165, 1.54) is 154 Å². The third-order valence-electron chi connectivity index (χ3n) is 11.8. The first-order valence-corrected chi connectivity index (χ1v) is 27.1. The summed E-state index contributed by atoms with van der Waals surface area (Å²) in [7, 11) is 0. The molecule has 0 bridgehead atoms. The Balaban J connectivity index is 4.22. The van der Waals surface area contributed by atoms with Crippen LogP contribution in [0.5, 0.6) is 0 Å². The van der Waals surface area contributed by atoms with Crippen molar-refractivity contribution in [2.45, 2.75) is 284 Å². The van der Waals surface area contributed by atoms with Gasteiger partial charge in [0.25, 0.3) is 0 Å². The lowest BCUT2D eigenvalue weighted by atomic mass is 10.0. The molecule has 1 unspecified atom stereocenters. The molecule has 0 saturated carbocycles. The van der Waals surface area contributed by atoms with Crippen LogP contribution in [-0.4, -0.2) is 37.2 Å². The SMILES string of the molecule is CC/C=C\C/C=C\C/C=C\CCCCCC(=O)OC(COC(=O)CCCCCCCCCCC)COC(=O)CCCCCCCCCCCCC/C=C\CCCCCCCCCC. The summed E-state index contributed by atoms with van der Waals surface area (Å²) in [4.78, 5) is 37.9. The Morgan fingerprint density at radius 2 is 0.619 bits per heavy atom. The molecule has 0 aliphatic heterocycles. The minimum absolute atomic E-state index is 0.0831. The Bertz CT molecular complexity index is 1110. The summed E-state index contributed by atoms with van der Waals surface area (Å²) < 4.78 is 16.8. The molecule has 0 saturated heterocycles. The predicted molar refractivity (Wildman–Crippen MR) is 270 cm³/mol. The maximum atomic E-state index is 12.8. The summed E-state index contributed by atoms with van der Waals surface area (Å²) in [5, 5.41) is 0. The molecule has 366 valence electrons. The lowest BCUT2D eigenvalue weighted by Crippen LogP contribution is -2.30. The predicted octanol–water partition coefficient (Wildman–Crippen LogP) is 17.9. The molecular formula is C57H102O6. The number of rotatable bonds is 49. The molecular weight excluding hydrogens is 781 g/mol. The van der Waals surface area contributed by atoms with Crippen LogP contribution in [0.25, 0.3) is 0 Å². The van der Waals surface area contributed by atoms with Gasteiger partial charge in [-0.1, -0.05) is 230 Å². The molecule has 0 aliphatic carbocycles. The maximum absolute atomic E-state index is 12.8. The van der Waals surface area contributed by atoms with Crippen LogP contribution in [0.1, 0.15) is 278 Å². The summed E-state index contributed by atoms with van der Waals surface area (Å²) in [6.07, 6.45) is 62.6. The van der Waals surface area contributed by atoms with E-state index in [0.717, 1.165) is 83.5 Å². The highest BCUT2D eigenvalue weighted by Gasteiger charge is 2.19. The van der Waals surface area contributed by atoms with Crippen molar-refractivity contribution in [3.8, 4) is 0 Å². The maximum Gasteiger partial charge on any atom is 0.306 e. The molecule has 0 fully saturated rings. The molecule has 0 heterocycles. The first-order chi connectivity index (χ1) is 31.0. The molecule has 63 heavy (non-hydrogen) atoms. The summed E-state index contributed by atoms with van der Waals surface area (Å²) in [6, 6.07) is 0.